The van der Waals surface area contributed by atoms with E-state index in [1.165, 1.54) is 6.07 Å². The zero-order valence-electron chi connectivity index (χ0n) is 17.6. The minimum atomic E-state index is -0.454. The van der Waals surface area contributed by atoms with Crippen LogP contribution in [0.4, 0.5) is 0 Å². The largest absolute Gasteiger partial charge is 0.493 e. The molecular formula is C25H24N2O4. The molecule has 0 fully saturated rings. The second kappa shape index (κ2) is 9.00. The maximum atomic E-state index is 12.2. The van der Waals surface area contributed by atoms with Crippen LogP contribution in [0.15, 0.2) is 63.9 Å². The summed E-state index contributed by atoms with van der Waals surface area (Å²) in [6.07, 6.45) is 5.48. The van der Waals surface area contributed by atoms with Gasteiger partial charge in [-0.2, -0.15) is 5.10 Å². The monoisotopic (exact) mass is 416 g/mol. The van der Waals surface area contributed by atoms with Gasteiger partial charge < -0.3 is 9.15 Å². The summed E-state index contributed by atoms with van der Waals surface area (Å²) in [5, 5.41) is 5.46. The lowest BCUT2D eigenvalue weighted by molar-refractivity contribution is 0.112. The van der Waals surface area contributed by atoms with Gasteiger partial charge in [-0.15, -0.1) is 0 Å². The number of hydrogen-bond acceptors (Lipinski definition) is 5. The molecule has 0 aliphatic rings. The summed E-state index contributed by atoms with van der Waals surface area (Å²) < 4.78 is 13.3. The number of carbonyl (C=O) groups is 1. The van der Waals surface area contributed by atoms with Crippen molar-refractivity contribution >= 4 is 17.3 Å². The van der Waals surface area contributed by atoms with E-state index < -0.39 is 5.63 Å². The molecule has 0 bridgehead atoms. The number of fused-ring (bicyclic) bond motifs is 1. The van der Waals surface area contributed by atoms with Crippen LogP contribution in [0, 0.1) is 6.92 Å². The summed E-state index contributed by atoms with van der Waals surface area (Å²) in [5.74, 6) is 0.541. The van der Waals surface area contributed by atoms with Gasteiger partial charge >= 0.3 is 5.63 Å². The summed E-state index contributed by atoms with van der Waals surface area (Å²) in [6, 6.07) is 14.7. The third-order valence-electron chi connectivity index (χ3n) is 5.21. The van der Waals surface area contributed by atoms with Crippen molar-refractivity contribution in [2.24, 2.45) is 0 Å². The molecule has 158 valence electrons. The minimum Gasteiger partial charge on any atom is -0.493 e. The van der Waals surface area contributed by atoms with Crippen molar-refractivity contribution in [2.45, 2.75) is 33.1 Å². The molecule has 0 aliphatic heterocycles. The molecule has 0 N–H and O–H groups in total. The van der Waals surface area contributed by atoms with Gasteiger partial charge in [-0.05, 0) is 43.2 Å². The Bertz CT molecular complexity index is 1270. The van der Waals surface area contributed by atoms with E-state index in [0.717, 1.165) is 42.2 Å². The topological polar surface area (TPSA) is 74.3 Å². The molecule has 0 unspecified atom stereocenters. The number of benzene rings is 2. The number of unbranched alkanes of at least 4 members (excludes halogenated alkanes) is 2. The number of aldehydes is 1. The number of nitrogens with zero attached hydrogens (tertiary/aromatic N) is 2. The highest BCUT2D eigenvalue weighted by molar-refractivity contribution is 6.00. The van der Waals surface area contributed by atoms with Crippen LogP contribution in [-0.2, 0) is 0 Å². The normalized spacial score (nSPS) is 11.0. The Kier molecular flexibility index (Phi) is 5.98. The molecule has 4 aromatic rings. The Balaban J connectivity index is 1.93. The zero-order chi connectivity index (χ0) is 21.8. The molecule has 31 heavy (non-hydrogen) atoms. The van der Waals surface area contributed by atoms with Gasteiger partial charge in [0.15, 0.2) is 11.9 Å². The SMILES string of the molecule is CCCCCOc1ccc2c(C)cc(=O)oc2c1-c1nn(-c2ccccc2)cc1C=O. The van der Waals surface area contributed by atoms with Crippen LogP contribution in [0.5, 0.6) is 5.75 Å². The van der Waals surface area contributed by atoms with Crippen LogP contribution in [0.2, 0.25) is 0 Å². The molecule has 2 aromatic carbocycles. The fourth-order valence-electron chi connectivity index (χ4n) is 3.63. The van der Waals surface area contributed by atoms with E-state index in [1.807, 2.05) is 49.4 Å². The predicted octanol–water partition coefficient (Wildman–Crippen LogP) is 5.34. The molecule has 0 spiro atoms. The fourth-order valence-corrected chi connectivity index (χ4v) is 3.63. The Hall–Kier alpha value is -3.67. The lowest BCUT2D eigenvalue weighted by atomic mass is 10.0. The van der Waals surface area contributed by atoms with E-state index >= 15 is 0 Å². The summed E-state index contributed by atoms with van der Waals surface area (Å²) in [4.78, 5) is 24.1. The summed E-state index contributed by atoms with van der Waals surface area (Å²) in [5.41, 5.74) is 2.86. The molecule has 0 saturated carbocycles. The lowest BCUT2D eigenvalue weighted by Gasteiger charge is -2.13. The van der Waals surface area contributed by atoms with E-state index in [-0.39, 0.29) is 0 Å². The van der Waals surface area contributed by atoms with E-state index in [2.05, 4.69) is 12.0 Å². The molecule has 2 heterocycles. The van der Waals surface area contributed by atoms with Gasteiger partial charge in [-0.25, -0.2) is 9.48 Å². The van der Waals surface area contributed by atoms with Gasteiger partial charge in [0.25, 0.3) is 0 Å². The number of aryl methyl sites for hydroxylation is 1. The van der Waals surface area contributed by atoms with Gasteiger partial charge in [0.05, 0.1) is 23.4 Å². The average molecular weight is 416 g/mol. The highest BCUT2D eigenvalue weighted by atomic mass is 16.5. The maximum absolute atomic E-state index is 12.2. The van der Waals surface area contributed by atoms with Crippen LogP contribution < -0.4 is 10.4 Å². The molecule has 0 amide bonds. The Morgan fingerprint density at radius 1 is 1.13 bits per heavy atom. The van der Waals surface area contributed by atoms with E-state index in [1.54, 1.807) is 10.9 Å². The van der Waals surface area contributed by atoms with Gasteiger partial charge in [0, 0.05) is 17.6 Å². The number of ether oxygens (including phenoxy) is 1. The van der Waals surface area contributed by atoms with Gasteiger partial charge in [0.1, 0.15) is 11.4 Å². The molecule has 4 rings (SSSR count). The Labute approximate surface area is 180 Å². The third-order valence-corrected chi connectivity index (χ3v) is 5.21. The van der Waals surface area contributed by atoms with E-state index in [0.29, 0.717) is 34.8 Å². The van der Waals surface area contributed by atoms with Crippen LogP contribution in [0.25, 0.3) is 27.9 Å². The second-order valence-electron chi connectivity index (χ2n) is 7.45. The Morgan fingerprint density at radius 3 is 2.68 bits per heavy atom. The molecule has 0 saturated heterocycles. The molecule has 6 heteroatoms. The van der Waals surface area contributed by atoms with Crippen molar-refractivity contribution in [1.82, 2.24) is 9.78 Å². The number of carbonyl (C=O) groups excluding carboxylic acids is 1. The predicted molar refractivity (Wildman–Crippen MR) is 120 cm³/mol. The average Bonchev–Trinajstić information content (AvgIpc) is 3.21. The zero-order valence-corrected chi connectivity index (χ0v) is 17.6. The van der Waals surface area contributed by atoms with Gasteiger partial charge in [-0.1, -0.05) is 38.0 Å². The minimum absolute atomic E-state index is 0.374. The molecular weight excluding hydrogens is 392 g/mol. The first-order valence-electron chi connectivity index (χ1n) is 10.4. The molecule has 2 aromatic heterocycles. The van der Waals surface area contributed by atoms with Crippen molar-refractivity contribution in [3.05, 3.63) is 76.3 Å². The van der Waals surface area contributed by atoms with Crippen molar-refractivity contribution < 1.29 is 13.9 Å². The number of para-hydroxylation sites is 1. The highest BCUT2D eigenvalue weighted by Gasteiger charge is 2.22. The summed E-state index contributed by atoms with van der Waals surface area (Å²) in [7, 11) is 0. The molecule has 0 atom stereocenters. The van der Waals surface area contributed by atoms with Crippen molar-refractivity contribution in [3.8, 4) is 22.7 Å². The van der Waals surface area contributed by atoms with Gasteiger partial charge in [-0.3, -0.25) is 4.79 Å². The first kappa shape index (κ1) is 20.6. The summed E-state index contributed by atoms with van der Waals surface area (Å²) >= 11 is 0. The van der Waals surface area contributed by atoms with Crippen molar-refractivity contribution in [1.29, 1.82) is 0 Å². The molecule has 0 radical (unpaired) electrons. The lowest BCUT2D eigenvalue weighted by Crippen LogP contribution is -2.03. The van der Waals surface area contributed by atoms with Gasteiger partial charge in [0.2, 0.25) is 0 Å². The maximum Gasteiger partial charge on any atom is 0.336 e. The second-order valence-corrected chi connectivity index (χ2v) is 7.45. The van der Waals surface area contributed by atoms with Crippen LogP contribution in [0.3, 0.4) is 0 Å². The quantitative estimate of drug-likeness (QED) is 0.220. The van der Waals surface area contributed by atoms with Crippen molar-refractivity contribution in [3.63, 3.8) is 0 Å². The van der Waals surface area contributed by atoms with E-state index in [9.17, 15) is 9.59 Å². The standard InChI is InChI=1S/C25H24N2O4/c1-3-4-8-13-30-21-12-11-20-17(2)14-22(29)31-25(20)23(21)24-18(16-28)15-27(26-24)19-9-6-5-7-10-19/h5-7,9-12,14-16H,3-4,8,13H2,1-2H3. The number of aromatic nitrogens is 2. The Morgan fingerprint density at radius 2 is 1.94 bits per heavy atom. The first-order chi connectivity index (χ1) is 15.1. The molecule has 0 aliphatic carbocycles. The fraction of sp³-hybridized carbons (Fsp3) is 0.240. The number of rotatable bonds is 8. The van der Waals surface area contributed by atoms with Crippen LogP contribution >= 0.6 is 0 Å². The number of hydrogen-bond donors (Lipinski definition) is 0. The summed E-state index contributed by atoms with van der Waals surface area (Å²) in [6.45, 7) is 4.51. The van der Waals surface area contributed by atoms with Crippen LogP contribution in [0.1, 0.15) is 42.1 Å². The van der Waals surface area contributed by atoms with Crippen LogP contribution in [-0.4, -0.2) is 22.7 Å². The highest BCUT2D eigenvalue weighted by Crippen LogP contribution is 2.38. The smallest absolute Gasteiger partial charge is 0.336 e. The first-order valence-corrected chi connectivity index (χ1v) is 10.4. The van der Waals surface area contributed by atoms with E-state index in [4.69, 9.17) is 9.15 Å². The third kappa shape index (κ3) is 4.14. The molecule has 6 nitrogen and oxygen atoms in total. The van der Waals surface area contributed by atoms with Crippen molar-refractivity contribution in [2.75, 3.05) is 6.61 Å².